The van der Waals surface area contributed by atoms with Gasteiger partial charge in [0.05, 0.1) is 17.3 Å². The van der Waals surface area contributed by atoms with Crippen LogP contribution in [0.2, 0.25) is 5.02 Å². The molecule has 3 rings (SSSR count). The van der Waals surface area contributed by atoms with Crippen molar-refractivity contribution in [1.82, 2.24) is 4.98 Å². The molecule has 1 aromatic heterocycles. The number of amides is 2. The second kappa shape index (κ2) is 6.21. The van der Waals surface area contributed by atoms with Gasteiger partial charge in [0.15, 0.2) is 5.13 Å². The van der Waals surface area contributed by atoms with Gasteiger partial charge < -0.3 is 10.1 Å². The van der Waals surface area contributed by atoms with Crippen LogP contribution in [0.3, 0.4) is 0 Å². The summed E-state index contributed by atoms with van der Waals surface area (Å²) in [6.45, 7) is 0. The van der Waals surface area contributed by atoms with E-state index in [9.17, 15) is 4.79 Å². The molecule has 7 heteroatoms. The van der Waals surface area contributed by atoms with Crippen LogP contribution < -0.4 is 15.4 Å². The van der Waals surface area contributed by atoms with Gasteiger partial charge in [0.2, 0.25) is 0 Å². The van der Waals surface area contributed by atoms with Gasteiger partial charge >= 0.3 is 6.03 Å². The van der Waals surface area contributed by atoms with Crippen LogP contribution in [0.5, 0.6) is 5.75 Å². The first-order chi connectivity index (χ1) is 10.6. The third kappa shape index (κ3) is 3.29. The smallest absolute Gasteiger partial charge is 0.325 e. The fourth-order valence-electron chi connectivity index (χ4n) is 1.88. The third-order valence-electron chi connectivity index (χ3n) is 2.92. The first-order valence-corrected chi connectivity index (χ1v) is 7.61. The van der Waals surface area contributed by atoms with Crippen molar-refractivity contribution in [2.24, 2.45) is 0 Å². The molecular formula is C15H12ClN3O2S. The fraction of sp³-hybridized carbons (Fsp3) is 0.0667. The molecule has 112 valence electrons. The summed E-state index contributed by atoms with van der Waals surface area (Å²) in [6, 6.07) is 12.1. The molecule has 0 bridgehead atoms. The van der Waals surface area contributed by atoms with Crippen LogP contribution in [0.4, 0.5) is 15.6 Å². The van der Waals surface area contributed by atoms with Gasteiger partial charge in [0, 0.05) is 10.7 Å². The summed E-state index contributed by atoms with van der Waals surface area (Å²) in [7, 11) is 1.61. The molecule has 0 saturated heterocycles. The van der Waals surface area contributed by atoms with Crippen LogP contribution in [0.25, 0.3) is 10.2 Å². The summed E-state index contributed by atoms with van der Waals surface area (Å²) in [4.78, 5) is 16.3. The molecule has 2 N–H and O–H groups in total. The molecule has 0 saturated carbocycles. The summed E-state index contributed by atoms with van der Waals surface area (Å²) in [5.41, 5.74) is 1.47. The van der Waals surface area contributed by atoms with Gasteiger partial charge in [-0.2, -0.15) is 0 Å². The average Bonchev–Trinajstić information content (AvgIpc) is 2.90. The van der Waals surface area contributed by atoms with E-state index in [1.165, 1.54) is 11.3 Å². The molecule has 0 aliphatic heterocycles. The zero-order chi connectivity index (χ0) is 15.5. The normalized spacial score (nSPS) is 10.5. The third-order valence-corrected chi connectivity index (χ3v) is 4.10. The zero-order valence-electron chi connectivity index (χ0n) is 11.6. The first kappa shape index (κ1) is 14.6. The topological polar surface area (TPSA) is 63.2 Å². The molecule has 0 atom stereocenters. The molecule has 2 amide bonds. The maximum Gasteiger partial charge on any atom is 0.325 e. The Morgan fingerprint density at radius 2 is 1.95 bits per heavy atom. The number of carbonyl (C=O) groups is 1. The number of methoxy groups -OCH3 is 1. The Morgan fingerprint density at radius 1 is 1.18 bits per heavy atom. The van der Waals surface area contributed by atoms with Gasteiger partial charge in [-0.1, -0.05) is 22.9 Å². The standard InChI is InChI=1S/C15H12ClN3O2S/c1-21-11-6-7-12-13(8-11)22-15(18-12)19-14(20)17-10-4-2-9(16)3-5-10/h2-8H,1H3,(H2,17,18,19,20). The van der Waals surface area contributed by atoms with Gasteiger partial charge in [-0.25, -0.2) is 9.78 Å². The number of fused-ring (bicyclic) bond motifs is 1. The van der Waals surface area contributed by atoms with E-state index in [-0.39, 0.29) is 6.03 Å². The van der Waals surface area contributed by atoms with Crippen molar-refractivity contribution >= 4 is 50.0 Å². The molecule has 22 heavy (non-hydrogen) atoms. The monoisotopic (exact) mass is 333 g/mol. The number of urea groups is 1. The average molecular weight is 334 g/mol. The summed E-state index contributed by atoms with van der Waals surface area (Å²) in [6.07, 6.45) is 0. The fourth-order valence-corrected chi connectivity index (χ4v) is 2.89. The van der Waals surface area contributed by atoms with Crippen molar-refractivity contribution < 1.29 is 9.53 Å². The Morgan fingerprint density at radius 3 is 2.68 bits per heavy atom. The van der Waals surface area contributed by atoms with E-state index in [0.717, 1.165) is 16.0 Å². The van der Waals surface area contributed by atoms with Crippen LogP contribution in [0, 0.1) is 0 Å². The highest BCUT2D eigenvalue weighted by Crippen LogP contribution is 2.29. The summed E-state index contributed by atoms with van der Waals surface area (Å²) < 4.78 is 6.12. The molecule has 3 aromatic rings. The lowest BCUT2D eigenvalue weighted by Crippen LogP contribution is -2.19. The van der Waals surface area contributed by atoms with Crippen molar-refractivity contribution in [3.05, 3.63) is 47.5 Å². The van der Waals surface area contributed by atoms with Crippen molar-refractivity contribution in [1.29, 1.82) is 0 Å². The maximum absolute atomic E-state index is 12.0. The number of nitrogens with one attached hydrogen (secondary N) is 2. The first-order valence-electron chi connectivity index (χ1n) is 6.42. The predicted octanol–water partition coefficient (Wildman–Crippen LogP) is 4.60. The molecule has 1 heterocycles. The van der Waals surface area contributed by atoms with Gasteiger partial charge in [0.25, 0.3) is 0 Å². The number of thiazole rings is 1. The SMILES string of the molecule is COc1ccc2nc(NC(=O)Nc3ccc(Cl)cc3)sc2c1. The lowest BCUT2D eigenvalue weighted by atomic mass is 10.3. The molecule has 0 aliphatic rings. The number of anilines is 2. The number of rotatable bonds is 3. The highest BCUT2D eigenvalue weighted by Gasteiger charge is 2.08. The molecule has 0 aliphatic carbocycles. The Kier molecular flexibility index (Phi) is 4.13. The van der Waals surface area contributed by atoms with Crippen molar-refractivity contribution in [3.8, 4) is 5.75 Å². The van der Waals surface area contributed by atoms with E-state index in [2.05, 4.69) is 15.6 Å². The quantitative estimate of drug-likeness (QED) is 0.736. The number of halogens is 1. The van der Waals surface area contributed by atoms with Gasteiger partial charge in [-0.05, 0) is 42.5 Å². The number of hydrogen-bond donors (Lipinski definition) is 2. The summed E-state index contributed by atoms with van der Waals surface area (Å²) >= 11 is 7.18. The molecule has 0 unspecified atom stereocenters. The minimum Gasteiger partial charge on any atom is -0.497 e. The van der Waals surface area contributed by atoms with Crippen LogP contribution in [0.15, 0.2) is 42.5 Å². The minimum absolute atomic E-state index is 0.353. The lowest BCUT2D eigenvalue weighted by Gasteiger charge is -2.04. The van der Waals surface area contributed by atoms with Crippen LogP contribution in [-0.2, 0) is 0 Å². The summed E-state index contributed by atoms with van der Waals surface area (Å²) in [5, 5.41) is 6.57. The number of benzene rings is 2. The van der Waals surface area contributed by atoms with Gasteiger partial charge in [-0.15, -0.1) is 0 Å². The zero-order valence-corrected chi connectivity index (χ0v) is 13.2. The predicted molar refractivity (Wildman–Crippen MR) is 90.3 cm³/mol. The molecule has 0 radical (unpaired) electrons. The van der Waals surface area contributed by atoms with E-state index in [4.69, 9.17) is 16.3 Å². The molecule has 0 fully saturated rings. The Bertz CT molecular complexity index is 817. The highest BCUT2D eigenvalue weighted by atomic mass is 35.5. The van der Waals surface area contributed by atoms with E-state index in [0.29, 0.717) is 15.8 Å². The van der Waals surface area contributed by atoms with E-state index >= 15 is 0 Å². The highest BCUT2D eigenvalue weighted by molar-refractivity contribution is 7.22. The largest absolute Gasteiger partial charge is 0.497 e. The minimum atomic E-state index is -0.353. The second-order valence-electron chi connectivity index (χ2n) is 4.44. The number of hydrogen-bond acceptors (Lipinski definition) is 4. The number of ether oxygens (including phenoxy) is 1. The molecular weight excluding hydrogens is 322 g/mol. The molecule has 5 nitrogen and oxygen atoms in total. The van der Waals surface area contributed by atoms with Crippen LogP contribution in [0.1, 0.15) is 0 Å². The number of nitrogens with zero attached hydrogens (tertiary/aromatic N) is 1. The molecule has 0 spiro atoms. The Balaban J connectivity index is 1.72. The van der Waals surface area contributed by atoms with Crippen LogP contribution in [-0.4, -0.2) is 18.1 Å². The van der Waals surface area contributed by atoms with Crippen molar-refractivity contribution in [2.45, 2.75) is 0 Å². The van der Waals surface area contributed by atoms with E-state index in [1.54, 1.807) is 31.4 Å². The maximum atomic E-state index is 12.0. The van der Waals surface area contributed by atoms with E-state index < -0.39 is 0 Å². The molecule has 2 aromatic carbocycles. The Hall–Kier alpha value is -2.31. The van der Waals surface area contributed by atoms with Crippen molar-refractivity contribution in [3.63, 3.8) is 0 Å². The lowest BCUT2D eigenvalue weighted by molar-refractivity contribution is 0.262. The van der Waals surface area contributed by atoms with Crippen molar-refractivity contribution in [2.75, 3.05) is 17.7 Å². The summed E-state index contributed by atoms with van der Waals surface area (Å²) in [5.74, 6) is 0.758. The Labute approximate surface area is 135 Å². The number of aromatic nitrogens is 1. The second-order valence-corrected chi connectivity index (χ2v) is 5.91. The van der Waals surface area contributed by atoms with E-state index in [1.807, 2.05) is 18.2 Å². The van der Waals surface area contributed by atoms with Crippen LogP contribution >= 0.6 is 22.9 Å². The number of carbonyl (C=O) groups excluding carboxylic acids is 1. The van der Waals surface area contributed by atoms with Gasteiger partial charge in [0.1, 0.15) is 5.75 Å². The van der Waals surface area contributed by atoms with Gasteiger partial charge in [-0.3, -0.25) is 5.32 Å².